The Bertz CT molecular complexity index is 9540. The Morgan fingerprint density at radius 3 is 0.738 bits per heavy atom. The SMILES string of the molecule is N#Cc1nc2c3ccc4ccccc4c3c3c4ccccc4ccc3c2nc1C#N.N#Cc1nc2c3ccc4ccccc4c3c3ccc4ccccc4c3c2nc1C#N.[C-]#[N+]c1c([N+]#[C-])c([N+]#[C-])c2c(c1C#N)c1nc(C#N)c(C#N)nc1c1ccc3ccccc3c12.[C-]#[N+]c1cc2c3nc(C#N)c(C#N)nc3c3ccc4ccccc4c3c2c([N+]#[C-])c1[N+]#[C-]. The molecule has 0 amide bonds. The second-order valence-electron chi connectivity index (χ2n) is 28.6. The molecular formula is C103H37N23. The molecule has 0 fully saturated rings. The molecule has 4 aromatic heterocycles. The second kappa shape index (κ2) is 30.1. The van der Waals surface area contributed by atoms with E-state index in [0.29, 0.717) is 70.8 Å². The van der Waals surface area contributed by atoms with E-state index in [2.05, 4.69) is 148 Å². The van der Waals surface area contributed by atoms with Crippen LogP contribution in [0.3, 0.4) is 0 Å². The van der Waals surface area contributed by atoms with Gasteiger partial charge >= 0.3 is 0 Å². The average Bonchev–Trinajstić information content (AvgIpc) is 0.713. The number of hydrogen-bond donors (Lipinski definition) is 0. The highest BCUT2D eigenvalue weighted by Gasteiger charge is 2.30. The maximum atomic E-state index is 10.1. The van der Waals surface area contributed by atoms with Crippen LogP contribution in [0.2, 0.25) is 0 Å². The third kappa shape index (κ3) is 11.3. The second-order valence-corrected chi connectivity index (χ2v) is 28.6. The van der Waals surface area contributed by atoms with Crippen molar-refractivity contribution in [1.82, 2.24) is 39.9 Å². The topological polar surface area (TPSA) is 343 Å². The summed E-state index contributed by atoms with van der Waals surface area (Å²) in [5.74, 6) is 0. The zero-order chi connectivity index (χ0) is 86.9. The normalized spacial score (nSPS) is 10.7. The van der Waals surface area contributed by atoms with E-state index in [1.54, 1.807) is 6.07 Å². The Kier molecular flexibility index (Phi) is 18.0. The Hall–Kier alpha value is -20.7. The van der Waals surface area contributed by atoms with Gasteiger partial charge in [-0.2, -0.15) is 47.4 Å². The van der Waals surface area contributed by atoms with Crippen molar-refractivity contribution in [2.24, 2.45) is 0 Å². The molecule has 0 saturated carbocycles. The third-order valence-corrected chi connectivity index (χ3v) is 22.5. The van der Waals surface area contributed by atoms with Gasteiger partial charge in [0.1, 0.15) is 48.6 Å². The van der Waals surface area contributed by atoms with Crippen LogP contribution in [0.5, 0.6) is 0 Å². The molecule has 0 N–H and O–H groups in total. The van der Waals surface area contributed by atoms with Crippen LogP contribution in [-0.4, -0.2) is 39.9 Å². The molecule has 23 heteroatoms. The van der Waals surface area contributed by atoms with Gasteiger partial charge in [-0.3, -0.25) is 29.1 Å². The van der Waals surface area contributed by atoms with Gasteiger partial charge in [0.05, 0.1) is 95.2 Å². The van der Waals surface area contributed by atoms with Gasteiger partial charge in [-0.25, -0.2) is 39.9 Å². The van der Waals surface area contributed by atoms with Gasteiger partial charge in [-0.1, -0.05) is 224 Å². The molecule has 22 rings (SSSR count). The highest BCUT2D eigenvalue weighted by molar-refractivity contribution is 6.39. The molecule has 0 bridgehead atoms. The van der Waals surface area contributed by atoms with Crippen molar-refractivity contribution < 1.29 is 0 Å². The van der Waals surface area contributed by atoms with Crippen molar-refractivity contribution in [2.45, 2.75) is 0 Å². The number of rotatable bonds is 0. The lowest BCUT2D eigenvalue weighted by atomic mass is 9.90. The molecule has 0 aliphatic carbocycles. The van der Waals surface area contributed by atoms with E-state index >= 15 is 0 Å². The summed E-state index contributed by atoms with van der Waals surface area (Å²) in [6.45, 7) is 46.1. The van der Waals surface area contributed by atoms with Crippen LogP contribution in [-0.2, 0) is 0 Å². The molecule has 0 saturated heterocycles. The molecule has 0 radical (unpaired) electrons. The van der Waals surface area contributed by atoms with E-state index in [4.69, 9.17) is 39.4 Å². The summed E-state index contributed by atoms with van der Waals surface area (Å²) in [6.07, 6.45) is 0. The van der Waals surface area contributed by atoms with Crippen LogP contribution in [0.4, 0.5) is 34.1 Å². The summed E-state index contributed by atoms with van der Waals surface area (Å²) >= 11 is 0. The smallest absolute Gasteiger partial charge is 0.202 e. The summed E-state index contributed by atoms with van der Waals surface area (Å²) in [5, 5.41) is 110. The standard InChI is InChI=1S/C26H6N8.2C26H12N4.C25H7N7/c1-30-22-16(10-27)20-21(24(31-2)26(22)32-3)19-14-7-5-4-6-13(14)8-9-15(19)23-25(20)34-18(12-29)17(11-28)33-23;27-13-21-22(14-28)30-26-24-18-8-4-2-6-16(18)9-11-19(24)23-17-7-3-1-5-15(17)10-12-20(23)25(26)29-21;27-13-21-22(14-28)30-26-20-12-10-16-6-2-4-8-18(16)24(20)23-17-7-3-1-5-15(17)9-11-19(23)25(26)29-21;1-28-17-10-16-21(25(30-3)24(17)29-2)20-14-7-5-4-6-13(14)8-9-15(20)22-23(16)32-19(12-27)18(11-26)31-22/h4-9H;2*1-12H;4-10H. The van der Waals surface area contributed by atoms with E-state index in [-0.39, 0.29) is 102 Å². The summed E-state index contributed by atoms with van der Waals surface area (Å²) in [7, 11) is 0. The Labute approximate surface area is 710 Å². The number of nitrogens with zero attached hydrogens (tertiary/aromatic N) is 23. The highest BCUT2D eigenvalue weighted by Crippen LogP contribution is 2.54. The summed E-state index contributed by atoms with van der Waals surface area (Å²) < 4.78 is 0. The van der Waals surface area contributed by atoms with Gasteiger partial charge in [0, 0.05) is 48.5 Å². The lowest BCUT2D eigenvalue weighted by Gasteiger charge is -2.16. The zero-order valence-corrected chi connectivity index (χ0v) is 64.6. The molecule has 0 spiro atoms. The first kappa shape index (κ1) is 75.4. The predicted molar refractivity (Wildman–Crippen MR) is 483 cm³/mol. The summed E-state index contributed by atoms with van der Waals surface area (Å²) in [5.41, 5.74) is 2.72. The average molecular weight is 1600 g/mol. The fourth-order valence-corrected chi connectivity index (χ4v) is 17.3. The molecule has 0 aliphatic rings. The highest BCUT2D eigenvalue weighted by atomic mass is 14.9. The van der Waals surface area contributed by atoms with Crippen molar-refractivity contribution in [1.29, 1.82) is 47.4 Å². The van der Waals surface area contributed by atoms with Crippen molar-refractivity contribution in [3.8, 4) is 54.6 Å². The van der Waals surface area contributed by atoms with Crippen molar-refractivity contribution >= 4 is 229 Å². The molecule has 0 aliphatic heterocycles. The number of nitriles is 9. The summed E-state index contributed by atoms with van der Waals surface area (Å²) in [6, 6.07) is 91.2. The van der Waals surface area contributed by atoms with E-state index in [1.165, 1.54) is 6.07 Å². The maximum Gasteiger partial charge on any atom is 0.202 e. The van der Waals surface area contributed by atoms with Crippen LogP contribution in [0.15, 0.2) is 224 Å². The lowest BCUT2D eigenvalue weighted by Crippen LogP contribution is -1.99. The van der Waals surface area contributed by atoms with Crippen LogP contribution in [0.1, 0.15) is 51.1 Å². The van der Waals surface area contributed by atoms with Crippen LogP contribution < -0.4 is 0 Å². The van der Waals surface area contributed by atoms with E-state index in [9.17, 15) is 47.4 Å². The minimum atomic E-state index is -0.249. The lowest BCUT2D eigenvalue weighted by molar-refractivity contribution is 1.21. The van der Waals surface area contributed by atoms with E-state index < -0.39 is 0 Å². The van der Waals surface area contributed by atoms with Gasteiger partial charge in [0.25, 0.3) is 0 Å². The fourth-order valence-electron chi connectivity index (χ4n) is 17.3. The van der Waals surface area contributed by atoms with Crippen molar-refractivity contribution in [3.63, 3.8) is 0 Å². The van der Waals surface area contributed by atoms with E-state index in [0.717, 1.165) is 108 Å². The van der Waals surface area contributed by atoms with Gasteiger partial charge in [-0.05, 0) is 102 Å². The van der Waals surface area contributed by atoms with Gasteiger partial charge in [0.15, 0.2) is 62.6 Å². The first-order valence-electron chi connectivity index (χ1n) is 38.0. The number of aromatic nitrogens is 8. The largest absolute Gasteiger partial charge is 0.262 e. The van der Waals surface area contributed by atoms with Crippen LogP contribution in [0.25, 0.3) is 224 Å². The minimum absolute atomic E-state index is 0.0156. The molecule has 22 aromatic rings. The molecular weight excluding hydrogens is 1560 g/mol. The van der Waals surface area contributed by atoms with Crippen LogP contribution in [0, 0.1) is 141 Å². The van der Waals surface area contributed by atoms with Gasteiger partial charge < -0.3 is 0 Å². The molecule has 0 unspecified atom stereocenters. The van der Waals surface area contributed by atoms with E-state index in [1.807, 2.05) is 188 Å². The number of fused-ring (bicyclic) bond motifs is 36. The Morgan fingerprint density at radius 1 is 0.183 bits per heavy atom. The fraction of sp³-hybridized carbons (Fsp3) is 0. The first-order valence-corrected chi connectivity index (χ1v) is 38.0. The van der Waals surface area contributed by atoms with Crippen LogP contribution >= 0.6 is 0 Å². The molecule has 564 valence electrons. The number of benzene rings is 18. The maximum absolute atomic E-state index is 10.1. The molecule has 4 heterocycles. The Morgan fingerprint density at radius 2 is 0.429 bits per heavy atom. The monoisotopic (exact) mass is 1600 g/mol. The molecule has 23 nitrogen and oxygen atoms in total. The molecule has 18 aromatic carbocycles. The minimum Gasteiger partial charge on any atom is -0.262 e. The predicted octanol–water partition coefficient (Wildman–Crippen LogP) is 24.8. The zero-order valence-electron chi connectivity index (χ0n) is 64.6. The summed E-state index contributed by atoms with van der Waals surface area (Å²) in [4.78, 5) is 57.0. The molecule has 0 atom stereocenters. The first-order chi connectivity index (χ1) is 61.9. The van der Waals surface area contributed by atoms with Gasteiger partial charge in [0.2, 0.25) is 17.1 Å². The molecule has 126 heavy (non-hydrogen) atoms. The van der Waals surface area contributed by atoms with Crippen molar-refractivity contribution in [3.05, 3.63) is 344 Å². The Balaban J connectivity index is 0.000000110. The third-order valence-electron chi connectivity index (χ3n) is 22.5. The van der Waals surface area contributed by atoms with Gasteiger partial charge in [-0.15, -0.1) is 0 Å². The quantitative estimate of drug-likeness (QED) is 0.101. The number of hydrogen-bond acceptors (Lipinski definition) is 17. The van der Waals surface area contributed by atoms with Crippen molar-refractivity contribution in [2.75, 3.05) is 0 Å².